The van der Waals surface area contributed by atoms with Gasteiger partial charge in [0.15, 0.2) is 0 Å². The van der Waals surface area contributed by atoms with Gasteiger partial charge in [0.1, 0.15) is 6.61 Å². The molecule has 1 heterocycles. The van der Waals surface area contributed by atoms with E-state index >= 15 is 0 Å². The van der Waals surface area contributed by atoms with Crippen LogP contribution >= 0.6 is 0 Å². The lowest BCUT2D eigenvalue weighted by atomic mass is 10.1. The van der Waals surface area contributed by atoms with Crippen LogP contribution in [0.5, 0.6) is 0 Å². The molecule has 5 heteroatoms. The van der Waals surface area contributed by atoms with E-state index < -0.39 is 5.97 Å². The fourth-order valence-corrected chi connectivity index (χ4v) is 2.18. The molecule has 0 spiro atoms. The van der Waals surface area contributed by atoms with Gasteiger partial charge in [0.25, 0.3) is 0 Å². The summed E-state index contributed by atoms with van der Waals surface area (Å²) >= 11 is 0. The van der Waals surface area contributed by atoms with Crippen LogP contribution < -0.4 is 0 Å². The molecule has 1 unspecified atom stereocenters. The fraction of sp³-hybridized carbons (Fsp3) is 0.429. The second-order valence-corrected chi connectivity index (χ2v) is 4.72. The maximum Gasteiger partial charge on any atom is 0.410 e. The normalized spacial score (nSPS) is 18.5. The van der Waals surface area contributed by atoms with Crippen LogP contribution in [0.25, 0.3) is 0 Å². The van der Waals surface area contributed by atoms with E-state index in [0.717, 1.165) is 11.1 Å². The predicted molar refractivity (Wildman–Crippen MR) is 68.7 cm³/mol. The van der Waals surface area contributed by atoms with Crippen molar-refractivity contribution < 1.29 is 19.4 Å². The smallest absolute Gasteiger partial charge is 0.410 e. The van der Waals surface area contributed by atoms with Crippen molar-refractivity contribution in [3.8, 4) is 0 Å². The van der Waals surface area contributed by atoms with Gasteiger partial charge in [-0.15, -0.1) is 0 Å². The fourth-order valence-electron chi connectivity index (χ4n) is 2.18. The number of amides is 1. The van der Waals surface area contributed by atoms with E-state index in [2.05, 4.69) is 0 Å². The summed E-state index contributed by atoms with van der Waals surface area (Å²) in [6, 6.07) is 7.68. The number of hydrogen-bond donors (Lipinski definition) is 1. The highest BCUT2D eigenvalue weighted by molar-refractivity contribution is 5.71. The van der Waals surface area contributed by atoms with Crippen LogP contribution in [0.1, 0.15) is 24.0 Å². The zero-order valence-electron chi connectivity index (χ0n) is 10.8. The maximum absolute atomic E-state index is 11.7. The van der Waals surface area contributed by atoms with Crippen LogP contribution in [0.2, 0.25) is 0 Å². The molecule has 102 valence electrons. The first-order valence-electron chi connectivity index (χ1n) is 6.27. The molecule has 19 heavy (non-hydrogen) atoms. The molecule has 0 saturated carbocycles. The van der Waals surface area contributed by atoms with Gasteiger partial charge in [0.05, 0.1) is 6.04 Å². The second-order valence-electron chi connectivity index (χ2n) is 4.72. The number of rotatable bonds is 5. The van der Waals surface area contributed by atoms with Crippen LogP contribution in [0, 0.1) is 6.92 Å². The van der Waals surface area contributed by atoms with Gasteiger partial charge in [-0.05, 0) is 24.5 Å². The molecule has 1 aromatic rings. The van der Waals surface area contributed by atoms with Gasteiger partial charge < -0.3 is 9.84 Å². The summed E-state index contributed by atoms with van der Waals surface area (Å²) in [5.41, 5.74) is 2.17. The summed E-state index contributed by atoms with van der Waals surface area (Å²) in [5.74, 6) is -0.852. The number of carboxylic acid groups (broad SMARTS) is 1. The Morgan fingerprint density at radius 3 is 2.89 bits per heavy atom. The molecule has 0 aromatic heterocycles. The van der Waals surface area contributed by atoms with Crippen LogP contribution in [0.15, 0.2) is 24.3 Å². The summed E-state index contributed by atoms with van der Waals surface area (Å²) in [6.07, 6.45) is 0.108. The van der Waals surface area contributed by atoms with Crippen molar-refractivity contribution in [2.24, 2.45) is 0 Å². The molecule has 0 aliphatic carbocycles. The van der Waals surface area contributed by atoms with E-state index in [1.165, 1.54) is 0 Å². The third-order valence-electron chi connectivity index (χ3n) is 3.37. The first-order valence-corrected chi connectivity index (χ1v) is 6.27. The van der Waals surface area contributed by atoms with Gasteiger partial charge in [0, 0.05) is 13.0 Å². The van der Waals surface area contributed by atoms with Crippen molar-refractivity contribution in [2.45, 2.75) is 32.4 Å². The first-order chi connectivity index (χ1) is 9.08. The molecule has 0 radical (unpaired) electrons. The van der Waals surface area contributed by atoms with Gasteiger partial charge in [-0.1, -0.05) is 24.3 Å². The summed E-state index contributed by atoms with van der Waals surface area (Å²) in [5, 5.41) is 8.72. The number of aryl methyl sites for hydroxylation is 1. The van der Waals surface area contributed by atoms with E-state index in [-0.39, 0.29) is 25.2 Å². The van der Waals surface area contributed by atoms with Gasteiger partial charge in [-0.25, -0.2) is 4.79 Å². The average Bonchev–Trinajstić information content (AvgIpc) is 2.71. The van der Waals surface area contributed by atoms with E-state index in [4.69, 9.17) is 9.84 Å². The maximum atomic E-state index is 11.7. The number of benzene rings is 1. The van der Waals surface area contributed by atoms with Crippen LogP contribution in [-0.2, 0) is 16.1 Å². The highest BCUT2D eigenvalue weighted by atomic mass is 16.6. The summed E-state index contributed by atoms with van der Waals surface area (Å²) in [6.45, 7) is 2.73. The Balaban J connectivity index is 2.05. The van der Waals surface area contributed by atoms with Crippen molar-refractivity contribution >= 4 is 12.1 Å². The van der Waals surface area contributed by atoms with Gasteiger partial charge in [0.2, 0.25) is 0 Å². The minimum Gasteiger partial charge on any atom is -0.481 e. The third-order valence-corrected chi connectivity index (χ3v) is 3.37. The Morgan fingerprint density at radius 2 is 2.21 bits per heavy atom. The lowest BCUT2D eigenvalue weighted by molar-refractivity contribution is -0.137. The second kappa shape index (κ2) is 5.73. The molecule has 1 fully saturated rings. The molecule has 1 aliphatic heterocycles. The highest BCUT2D eigenvalue weighted by Crippen LogP contribution is 2.21. The zero-order valence-corrected chi connectivity index (χ0v) is 10.8. The predicted octanol–water partition coefficient (Wildman–Crippen LogP) is 2.18. The lowest BCUT2D eigenvalue weighted by Gasteiger charge is -2.21. The largest absolute Gasteiger partial charge is 0.481 e. The van der Waals surface area contributed by atoms with Crippen molar-refractivity contribution in [3.63, 3.8) is 0 Å². The number of nitrogens with zero attached hydrogens (tertiary/aromatic N) is 1. The Kier molecular flexibility index (Phi) is 4.04. The topological polar surface area (TPSA) is 66.8 Å². The lowest BCUT2D eigenvalue weighted by Crippen LogP contribution is -2.33. The standard InChI is InChI=1S/C14H17NO4/c1-10-4-2-3-5-11(10)8-15-12(6-7-13(16)17)9-19-14(15)18/h2-5,12H,6-9H2,1H3,(H,16,17). The molecule has 5 nitrogen and oxygen atoms in total. The third kappa shape index (κ3) is 3.24. The van der Waals surface area contributed by atoms with Crippen molar-refractivity contribution in [2.75, 3.05) is 6.61 Å². The average molecular weight is 263 g/mol. The number of carbonyl (C=O) groups is 2. The van der Waals surface area contributed by atoms with Crippen LogP contribution in [0.3, 0.4) is 0 Å². The van der Waals surface area contributed by atoms with E-state index in [1.807, 2.05) is 31.2 Å². The Morgan fingerprint density at radius 1 is 1.47 bits per heavy atom. The van der Waals surface area contributed by atoms with Gasteiger partial charge in [-0.3, -0.25) is 9.69 Å². The van der Waals surface area contributed by atoms with Crippen molar-refractivity contribution in [1.82, 2.24) is 4.90 Å². The number of ether oxygens (including phenoxy) is 1. The molecule has 1 aliphatic rings. The SMILES string of the molecule is Cc1ccccc1CN1C(=O)OCC1CCC(=O)O. The van der Waals surface area contributed by atoms with E-state index in [1.54, 1.807) is 4.90 Å². The molecule has 1 atom stereocenters. The first kappa shape index (κ1) is 13.4. The summed E-state index contributed by atoms with van der Waals surface area (Å²) in [7, 11) is 0. The minimum absolute atomic E-state index is 0.0472. The monoisotopic (exact) mass is 263 g/mol. The molecule has 2 rings (SSSR count). The molecule has 1 saturated heterocycles. The molecular weight excluding hydrogens is 246 g/mol. The minimum atomic E-state index is -0.852. The van der Waals surface area contributed by atoms with E-state index in [0.29, 0.717) is 13.0 Å². The zero-order chi connectivity index (χ0) is 13.8. The Hall–Kier alpha value is -2.04. The number of carboxylic acids is 1. The number of cyclic esters (lactones) is 1. The van der Waals surface area contributed by atoms with Gasteiger partial charge >= 0.3 is 12.1 Å². The molecule has 1 N–H and O–H groups in total. The summed E-state index contributed by atoms with van der Waals surface area (Å²) in [4.78, 5) is 23.9. The van der Waals surface area contributed by atoms with Crippen molar-refractivity contribution in [1.29, 1.82) is 0 Å². The Labute approximate surface area is 111 Å². The number of hydrogen-bond acceptors (Lipinski definition) is 3. The highest BCUT2D eigenvalue weighted by Gasteiger charge is 2.33. The van der Waals surface area contributed by atoms with Crippen LogP contribution in [0.4, 0.5) is 4.79 Å². The summed E-state index contributed by atoms with van der Waals surface area (Å²) < 4.78 is 5.02. The molecular formula is C14H17NO4. The molecule has 1 aromatic carbocycles. The van der Waals surface area contributed by atoms with Crippen LogP contribution in [-0.4, -0.2) is 34.7 Å². The van der Waals surface area contributed by atoms with E-state index in [9.17, 15) is 9.59 Å². The number of carbonyl (C=O) groups excluding carboxylic acids is 1. The molecule has 0 bridgehead atoms. The van der Waals surface area contributed by atoms with Crippen molar-refractivity contribution in [3.05, 3.63) is 35.4 Å². The molecule has 1 amide bonds. The number of aliphatic carboxylic acids is 1. The van der Waals surface area contributed by atoms with Gasteiger partial charge in [-0.2, -0.15) is 0 Å². The quantitative estimate of drug-likeness (QED) is 0.884. The Bertz CT molecular complexity index is 486.